The predicted octanol–water partition coefficient (Wildman–Crippen LogP) is 3.69. The van der Waals surface area contributed by atoms with E-state index < -0.39 is 0 Å². The zero-order valence-corrected chi connectivity index (χ0v) is 11.5. The minimum atomic E-state index is 0.750. The van der Waals surface area contributed by atoms with Gasteiger partial charge in [-0.05, 0) is 31.4 Å². The normalized spacial score (nSPS) is 8.11. The summed E-state index contributed by atoms with van der Waals surface area (Å²) in [5.74, 6) is 0. The molecule has 0 saturated carbocycles. The Balaban J connectivity index is 0.000000465. The summed E-state index contributed by atoms with van der Waals surface area (Å²) in [6.45, 7) is 2.89. The van der Waals surface area contributed by atoms with Crippen molar-refractivity contribution >= 4 is 12.6 Å². The van der Waals surface area contributed by atoms with Crippen molar-refractivity contribution in [1.82, 2.24) is 0 Å². The smallest absolute Gasteiger partial charge is 0.116 e. The molecule has 19 heavy (non-hydrogen) atoms. The van der Waals surface area contributed by atoms with Crippen LogP contribution in [0.2, 0.25) is 0 Å². The van der Waals surface area contributed by atoms with Gasteiger partial charge in [-0.15, -0.1) is 0 Å². The van der Waals surface area contributed by atoms with Crippen LogP contribution in [0.1, 0.15) is 25.0 Å². The number of rotatable bonds is 2. The van der Waals surface area contributed by atoms with Gasteiger partial charge in [0.1, 0.15) is 12.6 Å². The van der Waals surface area contributed by atoms with Gasteiger partial charge in [0.15, 0.2) is 0 Å². The Hall–Kier alpha value is -2.22. The Morgan fingerprint density at radius 3 is 1.21 bits per heavy atom. The molecule has 2 nitrogen and oxygen atoms in total. The molecule has 2 aromatic carbocycles. The van der Waals surface area contributed by atoms with Crippen LogP contribution in [-0.2, 0) is 16.0 Å². The molecular formula is C17H20O2. The molecule has 0 amide bonds. The lowest BCUT2D eigenvalue weighted by molar-refractivity contribution is -0.106. The highest BCUT2D eigenvalue weighted by atomic mass is 16.1. The molecule has 0 bridgehead atoms. The third kappa shape index (κ3) is 9.48. The lowest BCUT2D eigenvalue weighted by Gasteiger charge is -2.00. The van der Waals surface area contributed by atoms with E-state index in [0.717, 1.165) is 19.0 Å². The summed E-state index contributed by atoms with van der Waals surface area (Å²) in [5, 5.41) is 0. The van der Waals surface area contributed by atoms with Crippen LogP contribution in [0.15, 0.2) is 60.7 Å². The fourth-order valence-corrected chi connectivity index (χ4v) is 1.43. The maximum Gasteiger partial charge on any atom is 0.116 e. The second kappa shape index (κ2) is 12.2. The fraction of sp³-hybridized carbons (Fsp3) is 0.176. The van der Waals surface area contributed by atoms with Crippen LogP contribution < -0.4 is 0 Å². The summed E-state index contributed by atoms with van der Waals surface area (Å²) < 4.78 is 0. The van der Waals surface area contributed by atoms with Crippen LogP contribution in [0.3, 0.4) is 0 Å². The third-order valence-electron chi connectivity index (χ3n) is 2.09. The van der Waals surface area contributed by atoms with Crippen LogP contribution in [0.5, 0.6) is 0 Å². The minimum absolute atomic E-state index is 0.750. The Morgan fingerprint density at radius 1 is 0.684 bits per heavy atom. The van der Waals surface area contributed by atoms with Crippen molar-refractivity contribution in [3.63, 3.8) is 0 Å². The largest absolute Gasteiger partial charge is 0.304 e. The first-order valence-corrected chi connectivity index (χ1v) is 6.15. The minimum Gasteiger partial charge on any atom is -0.304 e. The zero-order chi connectivity index (χ0) is 14.3. The van der Waals surface area contributed by atoms with Crippen LogP contribution in [-0.4, -0.2) is 12.6 Å². The number of carbonyl (C=O) groups is 2. The maximum absolute atomic E-state index is 8.81. The van der Waals surface area contributed by atoms with Gasteiger partial charge in [-0.1, -0.05) is 60.7 Å². The van der Waals surface area contributed by atoms with Gasteiger partial charge in [-0.25, -0.2) is 0 Å². The summed E-state index contributed by atoms with van der Waals surface area (Å²) in [4.78, 5) is 17.6. The average molecular weight is 256 g/mol. The standard InChI is InChI=1S/C13H12.2C2H4O/c1-3-7-12(8-4-1)11-13-9-5-2-6-10-13;2*1-2-3/h1-10H,11H2;2*2H,1H3. The molecule has 0 radical (unpaired) electrons. The molecule has 0 atom stereocenters. The van der Waals surface area contributed by atoms with E-state index >= 15 is 0 Å². The quantitative estimate of drug-likeness (QED) is 0.768. The van der Waals surface area contributed by atoms with Crippen LogP contribution in [0.25, 0.3) is 0 Å². The molecule has 100 valence electrons. The van der Waals surface area contributed by atoms with E-state index in [0.29, 0.717) is 0 Å². The summed E-state index contributed by atoms with van der Waals surface area (Å²) in [6.07, 6.45) is 2.53. The lowest BCUT2D eigenvalue weighted by atomic mass is 10.1. The second-order valence-corrected chi connectivity index (χ2v) is 3.62. The molecule has 0 unspecified atom stereocenters. The number of benzene rings is 2. The highest BCUT2D eigenvalue weighted by Crippen LogP contribution is 2.07. The molecule has 2 rings (SSSR count). The molecule has 0 spiro atoms. The zero-order valence-electron chi connectivity index (χ0n) is 11.5. The van der Waals surface area contributed by atoms with Gasteiger partial charge in [-0.3, -0.25) is 0 Å². The van der Waals surface area contributed by atoms with Crippen molar-refractivity contribution in [3.8, 4) is 0 Å². The van der Waals surface area contributed by atoms with Gasteiger partial charge < -0.3 is 9.59 Å². The number of hydrogen-bond donors (Lipinski definition) is 0. The van der Waals surface area contributed by atoms with Gasteiger partial charge >= 0.3 is 0 Å². The Morgan fingerprint density at radius 2 is 0.947 bits per heavy atom. The molecule has 0 heterocycles. The van der Waals surface area contributed by atoms with Crippen LogP contribution >= 0.6 is 0 Å². The average Bonchev–Trinajstić information content (AvgIpc) is 2.43. The summed E-state index contributed by atoms with van der Waals surface area (Å²) in [7, 11) is 0. The van der Waals surface area contributed by atoms with Gasteiger partial charge in [0.05, 0.1) is 0 Å². The highest BCUT2D eigenvalue weighted by Gasteiger charge is 1.92. The fourth-order valence-electron chi connectivity index (χ4n) is 1.43. The Bertz CT molecular complexity index is 392. The number of hydrogen-bond acceptors (Lipinski definition) is 2. The molecule has 0 aliphatic heterocycles. The van der Waals surface area contributed by atoms with E-state index in [1.165, 1.54) is 25.0 Å². The monoisotopic (exact) mass is 256 g/mol. The first-order valence-electron chi connectivity index (χ1n) is 6.15. The summed E-state index contributed by atoms with van der Waals surface area (Å²) >= 11 is 0. The van der Waals surface area contributed by atoms with Crippen molar-refractivity contribution in [2.75, 3.05) is 0 Å². The number of aldehydes is 2. The van der Waals surface area contributed by atoms with E-state index in [1.54, 1.807) is 0 Å². The first-order chi connectivity index (χ1) is 9.28. The summed E-state index contributed by atoms with van der Waals surface area (Å²) in [6, 6.07) is 21.1. The van der Waals surface area contributed by atoms with Crippen molar-refractivity contribution < 1.29 is 9.59 Å². The van der Waals surface area contributed by atoms with E-state index in [-0.39, 0.29) is 0 Å². The van der Waals surface area contributed by atoms with Crippen molar-refractivity contribution in [2.24, 2.45) is 0 Å². The first kappa shape index (κ1) is 16.8. The predicted molar refractivity (Wildman–Crippen MR) is 79.2 cm³/mol. The van der Waals surface area contributed by atoms with Gasteiger partial charge in [-0.2, -0.15) is 0 Å². The van der Waals surface area contributed by atoms with E-state index in [2.05, 4.69) is 60.7 Å². The summed E-state index contributed by atoms with van der Waals surface area (Å²) in [5.41, 5.74) is 2.74. The van der Waals surface area contributed by atoms with Crippen molar-refractivity contribution in [3.05, 3.63) is 71.8 Å². The maximum atomic E-state index is 8.81. The molecule has 0 fully saturated rings. The number of carbonyl (C=O) groups excluding carboxylic acids is 2. The van der Waals surface area contributed by atoms with E-state index in [4.69, 9.17) is 9.59 Å². The Labute approximate surface area is 115 Å². The molecule has 0 aromatic heterocycles. The Kier molecular flexibility index (Phi) is 10.8. The molecule has 0 saturated heterocycles. The molecule has 0 aliphatic rings. The van der Waals surface area contributed by atoms with Gasteiger partial charge in [0, 0.05) is 0 Å². The highest BCUT2D eigenvalue weighted by molar-refractivity contribution is 5.44. The van der Waals surface area contributed by atoms with Gasteiger partial charge in [0.2, 0.25) is 0 Å². The van der Waals surface area contributed by atoms with Crippen LogP contribution in [0, 0.1) is 0 Å². The molecule has 2 aromatic rings. The van der Waals surface area contributed by atoms with E-state index in [9.17, 15) is 0 Å². The third-order valence-corrected chi connectivity index (χ3v) is 2.09. The van der Waals surface area contributed by atoms with Gasteiger partial charge in [0.25, 0.3) is 0 Å². The molecule has 0 aliphatic carbocycles. The molecule has 0 N–H and O–H groups in total. The van der Waals surface area contributed by atoms with Crippen molar-refractivity contribution in [1.29, 1.82) is 0 Å². The van der Waals surface area contributed by atoms with E-state index in [1.807, 2.05) is 0 Å². The van der Waals surface area contributed by atoms with Crippen LogP contribution in [0.4, 0.5) is 0 Å². The lowest BCUT2D eigenvalue weighted by Crippen LogP contribution is -1.85. The molecular weight excluding hydrogens is 236 g/mol. The SMILES string of the molecule is CC=O.CC=O.c1ccc(Cc2ccccc2)cc1. The molecule has 2 heteroatoms. The topological polar surface area (TPSA) is 34.1 Å². The van der Waals surface area contributed by atoms with Crippen molar-refractivity contribution in [2.45, 2.75) is 20.3 Å². The second-order valence-electron chi connectivity index (χ2n) is 3.62.